The van der Waals surface area contributed by atoms with Crippen LogP contribution in [0.1, 0.15) is 0 Å². The number of thioether (sulfide) groups is 1. The number of nitrogens with one attached hydrogen (secondary N) is 1. The Morgan fingerprint density at radius 1 is 1.20 bits per heavy atom. The summed E-state index contributed by atoms with van der Waals surface area (Å²) in [5, 5.41) is 11.1. The molecule has 1 N–H and O–H groups in total. The minimum Gasteiger partial charge on any atom is -0.496 e. The normalized spacial score (nSPS) is 10.5. The molecule has 0 radical (unpaired) electrons. The highest BCUT2D eigenvalue weighted by molar-refractivity contribution is 9.10. The molecule has 128 valence electrons. The summed E-state index contributed by atoms with van der Waals surface area (Å²) in [5.74, 6) is 1.00. The maximum Gasteiger partial charge on any atom is 0.277 e. The first kappa shape index (κ1) is 17.5. The van der Waals surface area contributed by atoms with E-state index in [0.29, 0.717) is 28.1 Å². The molecule has 8 heteroatoms. The monoisotopic (exact) mass is 419 g/mol. The van der Waals surface area contributed by atoms with Gasteiger partial charge in [-0.1, -0.05) is 36.0 Å². The Kier molecular flexibility index (Phi) is 5.72. The predicted octanol–water partition coefficient (Wildman–Crippen LogP) is 4.24. The third kappa shape index (κ3) is 4.40. The van der Waals surface area contributed by atoms with Crippen LogP contribution in [-0.4, -0.2) is 29.0 Å². The van der Waals surface area contributed by atoms with Gasteiger partial charge in [-0.25, -0.2) is 0 Å². The van der Waals surface area contributed by atoms with Crippen molar-refractivity contribution in [1.82, 2.24) is 10.2 Å². The van der Waals surface area contributed by atoms with Crippen LogP contribution in [-0.2, 0) is 4.79 Å². The lowest BCUT2D eigenvalue weighted by Crippen LogP contribution is -2.14. The van der Waals surface area contributed by atoms with Crippen molar-refractivity contribution in [2.24, 2.45) is 0 Å². The molecule has 0 saturated heterocycles. The van der Waals surface area contributed by atoms with Gasteiger partial charge in [-0.3, -0.25) is 4.79 Å². The number of hydrogen-bond acceptors (Lipinski definition) is 6. The third-order valence-corrected chi connectivity index (χ3v) is 4.73. The van der Waals surface area contributed by atoms with Crippen LogP contribution >= 0.6 is 27.7 Å². The Bertz CT molecular complexity index is 885. The van der Waals surface area contributed by atoms with Crippen LogP contribution < -0.4 is 10.1 Å². The van der Waals surface area contributed by atoms with E-state index in [1.54, 1.807) is 7.11 Å². The number of benzene rings is 2. The highest BCUT2D eigenvalue weighted by Crippen LogP contribution is 2.30. The van der Waals surface area contributed by atoms with Crippen LogP contribution in [0.5, 0.6) is 5.75 Å². The summed E-state index contributed by atoms with van der Waals surface area (Å²) in [6.45, 7) is 0. The molecule has 1 amide bonds. The maximum atomic E-state index is 12.1. The van der Waals surface area contributed by atoms with Gasteiger partial charge in [0.25, 0.3) is 11.1 Å². The molecule has 0 atom stereocenters. The number of carbonyl (C=O) groups is 1. The third-order valence-electron chi connectivity index (χ3n) is 3.22. The molecule has 6 nitrogen and oxygen atoms in total. The van der Waals surface area contributed by atoms with Gasteiger partial charge < -0.3 is 14.5 Å². The number of anilines is 1. The van der Waals surface area contributed by atoms with Gasteiger partial charge in [-0.2, -0.15) is 0 Å². The number of ether oxygens (including phenoxy) is 1. The molecule has 3 rings (SSSR count). The summed E-state index contributed by atoms with van der Waals surface area (Å²) in [4.78, 5) is 12.1. The number of carbonyl (C=O) groups excluding carboxylic acids is 1. The lowest BCUT2D eigenvalue weighted by Gasteiger charge is -2.05. The molecule has 3 aromatic rings. The lowest BCUT2D eigenvalue weighted by molar-refractivity contribution is -0.113. The first-order valence-corrected chi connectivity index (χ1v) is 9.09. The fourth-order valence-corrected chi connectivity index (χ4v) is 3.02. The van der Waals surface area contributed by atoms with Crippen LogP contribution in [0.25, 0.3) is 11.5 Å². The first-order chi connectivity index (χ1) is 12.2. The van der Waals surface area contributed by atoms with Crippen LogP contribution in [0.4, 0.5) is 5.69 Å². The smallest absolute Gasteiger partial charge is 0.277 e. The zero-order valence-electron chi connectivity index (χ0n) is 13.2. The number of para-hydroxylation sites is 2. The van der Waals surface area contributed by atoms with Crippen molar-refractivity contribution in [3.8, 4) is 17.2 Å². The van der Waals surface area contributed by atoms with Gasteiger partial charge in [0.2, 0.25) is 5.91 Å². The molecule has 1 heterocycles. The number of hydrogen-bond donors (Lipinski definition) is 1. The number of rotatable bonds is 6. The molecule has 2 aromatic carbocycles. The molecular formula is C17H14BrN3O3S. The van der Waals surface area contributed by atoms with Gasteiger partial charge >= 0.3 is 0 Å². The van der Waals surface area contributed by atoms with Crippen LogP contribution in [0.15, 0.2) is 62.6 Å². The Morgan fingerprint density at radius 2 is 1.96 bits per heavy atom. The van der Waals surface area contributed by atoms with Gasteiger partial charge in [0, 0.05) is 4.47 Å². The topological polar surface area (TPSA) is 77.2 Å². The molecular weight excluding hydrogens is 406 g/mol. The van der Waals surface area contributed by atoms with E-state index in [1.165, 1.54) is 11.8 Å². The molecule has 0 aliphatic carbocycles. The fraction of sp³-hybridized carbons (Fsp3) is 0.118. The summed E-state index contributed by atoms with van der Waals surface area (Å²) >= 11 is 4.56. The summed E-state index contributed by atoms with van der Waals surface area (Å²) in [5.41, 5.74) is 1.43. The number of amides is 1. The standard InChI is InChI=1S/C17H14BrN3O3S/c1-23-14-9-5-2-6-11(14)16-20-21-17(24-16)25-10-15(22)19-13-8-4-3-7-12(13)18/h2-9H,10H2,1H3,(H,19,22). The van der Waals surface area contributed by atoms with E-state index in [2.05, 4.69) is 31.4 Å². The van der Waals surface area contributed by atoms with E-state index in [9.17, 15) is 4.79 Å². The fourth-order valence-electron chi connectivity index (χ4n) is 2.07. The van der Waals surface area contributed by atoms with Gasteiger partial charge in [0.15, 0.2) is 0 Å². The van der Waals surface area contributed by atoms with E-state index >= 15 is 0 Å². The second-order valence-electron chi connectivity index (χ2n) is 4.89. The Morgan fingerprint density at radius 3 is 2.76 bits per heavy atom. The molecule has 1 aromatic heterocycles. The zero-order valence-corrected chi connectivity index (χ0v) is 15.6. The van der Waals surface area contributed by atoms with Crippen molar-refractivity contribution in [2.75, 3.05) is 18.2 Å². The second-order valence-corrected chi connectivity index (χ2v) is 6.67. The molecule has 25 heavy (non-hydrogen) atoms. The SMILES string of the molecule is COc1ccccc1-c1nnc(SCC(=O)Nc2ccccc2Br)o1. The highest BCUT2D eigenvalue weighted by atomic mass is 79.9. The molecule has 0 spiro atoms. The molecule has 0 aliphatic rings. The van der Waals surface area contributed by atoms with Crippen molar-refractivity contribution in [1.29, 1.82) is 0 Å². The van der Waals surface area contributed by atoms with Gasteiger partial charge in [0.05, 0.1) is 24.1 Å². The molecule has 0 bridgehead atoms. The van der Waals surface area contributed by atoms with Gasteiger partial charge in [-0.15, -0.1) is 10.2 Å². The van der Waals surface area contributed by atoms with Gasteiger partial charge in [0.1, 0.15) is 5.75 Å². The van der Waals surface area contributed by atoms with E-state index in [-0.39, 0.29) is 11.7 Å². The predicted molar refractivity (Wildman–Crippen MR) is 99.8 cm³/mol. The number of nitrogens with zero attached hydrogens (tertiary/aromatic N) is 2. The van der Waals surface area contributed by atoms with Crippen molar-refractivity contribution in [2.45, 2.75) is 5.22 Å². The van der Waals surface area contributed by atoms with E-state index < -0.39 is 0 Å². The summed E-state index contributed by atoms with van der Waals surface area (Å²) in [6, 6.07) is 14.8. The number of halogens is 1. The quantitative estimate of drug-likeness (QED) is 0.602. The summed E-state index contributed by atoms with van der Waals surface area (Å²) < 4.78 is 11.7. The maximum absolute atomic E-state index is 12.1. The first-order valence-electron chi connectivity index (χ1n) is 7.31. The average Bonchev–Trinajstić information content (AvgIpc) is 3.11. The van der Waals surface area contributed by atoms with Crippen LogP contribution in [0.3, 0.4) is 0 Å². The summed E-state index contributed by atoms with van der Waals surface area (Å²) in [7, 11) is 1.58. The minimum absolute atomic E-state index is 0.158. The molecule has 0 saturated carbocycles. The average molecular weight is 420 g/mol. The largest absolute Gasteiger partial charge is 0.496 e. The molecule has 0 fully saturated rings. The minimum atomic E-state index is -0.158. The molecule has 0 unspecified atom stereocenters. The van der Waals surface area contributed by atoms with Crippen molar-refractivity contribution < 1.29 is 13.9 Å². The summed E-state index contributed by atoms with van der Waals surface area (Å²) in [6.07, 6.45) is 0. The molecule has 0 aliphatic heterocycles. The lowest BCUT2D eigenvalue weighted by atomic mass is 10.2. The Balaban J connectivity index is 1.62. The zero-order chi connectivity index (χ0) is 17.6. The van der Waals surface area contributed by atoms with Crippen molar-refractivity contribution in [3.05, 3.63) is 53.0 Å². The highest BCUT2D eigenvalue weighted by Gasteiger charge is 2.14. The van der Waals surface area contributed by atoms with Crippen molar-refractivity contribution in [3.63, 3.8) is 0 Å². The second kappa shape index (κ2) is 8.17. The van der Waals surface area contributed by atoms with E-state index in [1.807, 2.05) is 48.5 Å². The Hall–Kier alpha value is -2.32. The van der Waals surface area contributed by atoms with Crippen LogP contribution in [0.2, 0.25) is 0 Å². The van der Waals surface area contributed by atoms with E-state index in [4.69, 9.17) is 9.15 Å². The van der Waals surface area contributed by atoms with Crippen LogP contribution in [0, 0.1) is 0 Å². The van der Waals surface area contributed by atoms with Crippen molar-refractivity contribution >= 4 is 39.3 Å². The Labute approximate surface area is 157 Å². The van der Waals surface area contributed by atoms with E-state index in [0.717, 1.165) is 4.47 Å². The van der Waals surface area contributed by atoms with Gasteiger partial charge in [-0.05, 0) is 40.2 Å². The number of aromatic nitrogens is 2. The number of methoxy groups -OCH3 is 1.